The van der Waals surface area contributed by atoms with Crippen LogP contribution in [0.3, 0.4) is 0 Å². The van der Waals surface area contributed by atoms with Gasteiger partial charge in [0.15, 0.2) is 0 Å². The summed E-state index contributed by atoms with van der Waals surface area (Å²) in [6, 6.07) is 11.9. The number of rotatable bonds is 7. The number of ether oxygens (including phenoxy) is 1. The quantitative estimate of drug-likeness (QED) is 0.756. The molecule has 1 aromatic carbocycles. The van der Waals surface area contributed by atoms with Crippen molar-refractivity contribution in [3.05, 3.63) is 53.7 Å². The Bertz CT molecular complexity index is 730. The first-order valence-corrected chi connectivity index (χ1v) is 10.1. The molecule has 0 saturated carbocycles. The molecule has 1 N–H and O–H groups in total. The standard InChI is InChI=1S/C20H25N3O2S/c1-25-16-9-7-15(8-10-16)18(23-12-3-4-13-23)14-22-19(24)17-6-5-11-21-20(17)26-2/h5-11,18H,3-4,12-14H2,1-2H3,(H,22,24). The fourth-order valence-corrected chi connectivity index (χ4v) is 3.89. The average molecular weight is 372 g/mol. The van der Waals surface area contributed by atoms with Crippen molar-refractivity contribution in [3.8, 4) is 5.75 Å². The van der Waals surface area contributed by atoms with Crippen molar-refractivity contribution in [1.29, 1.82) is 0 Å². The number of benzene rings is 1. The Labute approximate surface area is 159 Å². The normalized spacial score (nSPS) is 15.6. The molecule has 1 unspecified atom stereocenters. The highest BCUT2D eigenvalue weighted by Gasteiger charge is 2.24. The van der Waals surface area contributed by atoms with Gasteiger partial charge in [0.05, 0.1) is 18.7 Å². The summed E-state index contributed by atoms with van der Waals surface area (Å²) in [5, 5.41) is 3.87. The minimum Gasteiger partial charge on any atom is -0.497 e. The first-order chi connectivity index (χ1) is 12.7. The molecule has 1 atom stereocenters. The van der Waals surface area contributed by atoms with Crippen LogP contribution in [0, 0.1) is 0 Å². The van der Waals surface area contributed by atoms with Crippen LogP contribution < -0.4 is 10.1 Å². The predicted octanol–water partition coefficient (Wildman–Crippen LogP) is 3.38. The van der Waals surface area contributed by atoms with Crippen molar-refractivity contribution >= 4 is 17.7 Å². The zero-order valence-corrected chi connectivity index (χ0v) is 16.1. The number of carbonyl (C=O) groups is 1. The topological polar surface area (TPSA) is 54.5 Å². The lowest BCUT2D eigenvalue weighted by molar-refractivity contribution is 0.0934. The van der Waals surface area contributed by atoms with Crippen LogP contribution >= 0.6 is 11.8 Å². The third kappa shape index (κ3) is 4.37. The second-order valence-electron chi connectivity index (χ2n) is 6.30. The third-order valence-corrected chi connectivity index (χ3v) is 5.46. The van der Waals surface area contributed by atoms with Crippen molar-refractivity contribution in [3.63, 3.8) is 0 Å². The summed E-state index contributed by atoms with van der Waals surface area (Å²) in [5.41, 5.74) is 1.83. The summed E-state index contributed by atoms with van der Waals surface area (Å²) in [6.45, 7) is 2.71. The lowest BCUT2D eigenvalue weighted by Crippen LogP contribution is -2.37. The van der Waals surface area contributed by atoms with Crippen LogP contribution in [0.1, 0.15) is 34.8 Å². The summed E-state index contributed by atoms with van der Waals surface area (Å²) in [4.78, 5) is 19.4. The molecule has 1 aromatic heterocycles. The second kappa shape index (κ2) is 9.05. The minimum atomic E-state index is -0.0693. The zero-order chi connectivity index (χ0) is 18.4. The summed E-state index contributed by atoms with van der Waals surface area (Å²) < 4.78 is 5.26. The molecule has 5 nitrogen and oxygen atoms in total. The van der Waals surface area contributed by atoms with Gasteiger partial charge in [-0.15, -0.1) is 11.8 Å². The van der Waals surface area contributed by atoms with Crippen molar-refractivity contribution in [2.75, 3.05) is 33.0 Å². The van der Waals surface area contributed by atoms with Crippen LogP contribution in [-0.4, -0.2) is 48.8 Å². The molecular weight excluding hydrogens is 346 g/mol. The Kier molecular flexibility index (Phi) is 6.52. The molecule has 2 aromatic rings. The highest BCUT2D eigenvalue weighted by atomic mass is 32.2. The largest absolute Gasteiger partial charge is 0.497 e. The van der Waals surface area contributed by atoms with E-state index in [-0.39, 0.29) is 11.9 Å². The van der Waals surface area contributed by atoms with E-state index in [9.17, 15) is 4.79 Å². The predicted molar refractivity (Wildman–Crippen MR) is 105 cm³/mol. The molecule has 1 amide bonds. The van der Waals surface area contributed by atoms with E-state index in [2.05, 4.69) is 27.3 Å². The molecule has 3 rings (SSSR count). The molecule has 1 aliphatic heterocycles. The molecule has 26 heavy (non-hydrogen) atoms. The Balaban J connectivity index is 1.74. The average Bonchev–Trinajstić information content (AvgIpc) is 3.23. The van der Waals surface area contributed by atoms with E-state index in [0.29, 0.717) is 12.1 Å². The van der Waals surface area contributed by atoms with Gasteiger partial charge in [0.1, 0.15) is 10.8 Å². The van der Waals surface area contributed by atoms with Gasteiger partial charge >= 0.3 is 0 Å². The summed E-state index contributed by atoms with van der Waals surface area (Å²) in [5.74, 6) is 0.776. The zero-order valence-electron chi connectivity index (χ0n) is 15.3. The lowest BCUT2D eigenvalue weighted by Gasteiger charge is -2.28. The first-order valence-electron chi connectivity index (χ1n) is 8.88. The number of carbonyl (C=O) groups excluding carboxylic acids is 1. The molecule has 138 valence electrons. The van der Waals surface area contributed by atoms with Crippen molar-refractivity contribution in [2.24, 2.45) is 0 Å². The second-order valence-corrected chi connectivity index (χ2v) is 7.10. The number of nitrogens with zero attached hydrogens (tertiary/aromatic N) is 2. The Morgan fingerprint density at radius 2 is 2.00 bits per heavy atom. The van der Waals surface area contributed by atoms with Gasteiger partial charge in [-0.1, -0.05) is 12.1 Å². The van der Waals surface area contributed by atoms with Gasteiger partial charge in [-0.2, -0.15) is 0 Å². The molecule has 1 saturated heterocycles. The number of nitrogens with one attached hydrogen (secondary N) is 1. The number of likely N-dealkylation sites (tertiary alicyclic amines) is 1. The first kappa shape index (κ1) is 18.7. The fraction of sp³-hybridized carbons (Fsp3) is 0.400. The molecule has 1 fully saturated rings. The van der Waals surface area contributed by atoms with Crippen LogP contribution in [0.4, 0.5) is 0 Å². The van der Waals surface area contributed by atoms with E-state index in [1.165, 1.54) is 30.2 Å². The summed E-state index contributed by atoms with van der Waals surface area (Å²) in [7, 11) is 1.67. The van der Waals surface area contributed by atoms with Crippen LogP contribution in [0.15, 0.2) is 47.6 Å². The van der Waals surface area contributed by atoms with Gasteiger partial charge < -0.3 is 10.1 Å². The molecular formula is C20H25N3O2S. The summed E-state index contributed by atoms with van der Waals surface area (Å²) >= 11 is 1.49. The maximum Gasteiger partial charge on any atom is 0.254 e. The Hall–Kier alpha value is -2.05. The van der Waals surface area contributed by atoms with E-state index < -0.39 is 0 Å². The molecule has 6 heteroatoms. The smallest absolute Gasteiger partial charge is 0.254 e. The lowest BCUT2D eigenvalue weighted by atomic mass is 10.0. The number of hydrogen-bond acceptors (Lipinski definition) is 5. The highest BCUT2D eigenvalue weighted by molar-refractivity contribution is 7.98. The summed E-state index contributed by atoms with van der Waals surface area (Å²) in [6.07, 6.45) is 6.07. The maximum atomic E-state index is 12.7. The highest BCUT2D eigenvalue weighted by Crippen LogP contribution is 2.26. The third-order valence-electron chi connectivity index (χ3n) is 4.75. The van der Waals surface area contributed by atoms with Gasteiger partial charge in [-0.25, -0.2) is 4.98 Å². The van der Waals surface area contributed by atoms with E-state index in [4.69, 9.17) is 4.74 Å². The van der Waals surface area contributed by atoms with Gasteiger partial charge in [-0.05, 0) is 62.0 Å². The molecule has 2 heterocycles. The number of methoxy groups -OCH3 is 1. The van der Waals surface area contributed by atoms with Crippen LogP contribution in [0.25, 0.3) is 0 Å². The van der Waals surface area contributed by atoms with Crippen molar-refractivity contribution in [1.82, 2.24) is 15.2 Å². The van der Waals surface area contributed by atoms with Crippen LogP contribution in [0.5, 0.6) is 5.75 Å². The Morgan fingerprint density at radius 3 is 2.65 bits per heavy atom. The number of hydrogen-bond donors (Lipinski definition) is 1. The maximum absolute atomic E-state index is 12.7. The number of amides is 1. The van der Waals surface area contributed by atoms with E-state index >= 15 is 0 Å². The SMILES string of the molecule is COc1ccc(C(CNC(=O)c2cccnc2SC)N2CCCC2)cc1. The monoisotopic (exact) mass is 371 g/mol. The number of pyridine rings is 1. The molecule has 1 aliphatic rings. The van der Waals surface area contributed by atoms with Gasteiger partial charge in [0.25, 0.3) is 5.91 Å². The number of thioether (sulfide) groups is 1. The number of aromatic nitrogens is 1. The molecule has 0 bridgehead atoms. The van der Waals surface area contributed by atoms with E-state index in [1.54, 1.807) is 19.4 Å². The van der Waals surface area contributed by atoms with Crippen molar-refractivity contribution in [2.45, 2.75) is 23.9 Å². The van der Waals surface area contributed by atoms with Gasteiger partial charge in [-0.3, -0.25) is 9.69 Å². The molecule has 0 aliphatic carbocycles. The molecule has 0 spiro atoms. The van der Waals surface area contributed by atoms with Gasteiger partial charge in [0, 0.05) is 12.7 Å². The van der Waals surface area contributed by atoms with E-state index in [0.717, 1.165) is 23.9 Å². The van der Waals surface area contributed by atoms with Gasteiger partial charge in [0.2, 0.25) is 0 Å². The minimum absolute atomic E-state index is 0.0693. The molecule has 0 radical (unpaired) electrons. The fourth-order valence-electron chi connectivity index (χ4n) is 3.35. The van der Waals surface area contributed by atoms with Crippen LogP contribution in [0.2, 0.25) is 0 Å². The van der Waals surface area contributed by atoms with E-state index in [1.807, 2.05) is 24.5 Å². The van der Waals surface area contributed by atoms with Crippen molar-refractivity contribution < 1.29 is 9.53 Å². The van der Waals surface area contributed by atoms with Crippen LogP contribution in [-0.2, 0) is 0 Å². The Morgan fingerprint density at radius 1 is 1.27 bits per heavy atom.